The largest absolute Gasteiger partial charge is 0.480 e. The minimum Gasteiger partial charge on any atom is -0.480 e. The van der Waals surface area contributed by atoms with Gasteiger partial charge in [0.1, 0.15) is 18.1 Å². The fourth-order valence-electron chi connectivity index (χ4n) is 3.52. The molecule has 0 spiro atoms. The van der Waals surface area contributed by atoms with E-state index in [2.05, 4.69) is 25.9 Å². The lowest BCUT2D eigenvalue weighted by molar-refractivity contribution is -0.142. The first-order valence-electron chi connectivity index (χ1n) is 12.1. The lowest BCUT2D eigenvalue weighted by atomic mass is 10.0. The monoisotopic (exact) mass is 527 g/mol. The van der Waals surface area contributed by atoms with Gasteiger partial charge in [0.05, 0.1) is 12.4 Å². The summed E-state index contributed by atoms with van der Waals surface area (Å²) in [6.45, 7) is 4.34. The Hall–Kier alpha value is -2.64. The summed E-state index contributed by atoms with van der Waals surface area (Å²) >= 11 is 1.49. The molecular weight excluding hydrogens is 486 g/mol. The third-order valence-corrected chi connectivity index (χ3v) is 6.12. The van der Waals surface area contributed by atoms with Crippen LogP contribution in [0.1, 0.15) is 51.6 Å². The average molecular weight is 528 g/mol. The molecule has 0 fully saturated rings. The SMILES string of the molecule is CSCCC(NC(=O)C(CCCCN)NC(=O)C(N)CC(C)C)C(=O)NC(Cc1cnc[nH]1)C(=O)O. The smallest absolute Gasteiger partial charge is 0.326 e. The highest BCUT2D eigenvalue weighted by molar-refractivity contribution is 7.98. The molecule has 4 unspecified atom stereocenters. The number of nitrogens with two attached hydrogens (primary N) is 2. The van der Waals surface area contributed by atoms with Crippen molar-refractivity contribution < 1.29 is 24.3 Å². The third kappa shape index (κ3) is 11.9. The molecule has 3 amide bonds. The predicted octanol–water partition coefficient (Wildman–Crippen LogP) is -0.253. The van der Waals surface area contributed by atoms with Crippen LogP contribution in [-0.2, 0) is 25.6 Å². The van der Waals surface area contributed by atoms with Gasteiger partial charge in [-0.2, -0.15) is 11.8 Å². The minimum atomic E-state index is -1.21. The molecule has 0 aliphatic heterocycles. The van der Waals surface area contributed by atoms with Crippen LogP contribution in [0.25, 0.3) is 0 Å². The number of rotatable bonds is 18. The van der Waals surface area contributed by atoms with Crippen molar-refractivity contribution in [3.05, 3.63) is 18.2 Å². The van der Waals surface area contributed by atoms with Gasteiger partial charge in [0.25, 0.3) is 0 Å². The fourth-order valence-corrected chi connectivity index (χ4v) is 3.99. The molecule has 13 heteroatoms. The van der Waals surface area contributed by atoms with Crippen LogP contribution in [0.3, 0.4) is 0 Å². The number of hydrogen-bond donors (Lipinski definition) is 7. The molecular formula is C23H41N7O5S. The summed E-state index contributed by atoms with van der Waals surface area (Å²) in [4.78, 5) is 57.2. The molecule has 1 aromatic heterocycles. The van der Waals surface area contributed by atoms with E-state index < -0.39 is 47.9 Å². The number of carboxylic acid groups (broad SMARTS) is 1. The zero-order valence-corrected chi connectivity index (χ0v) is 22.1. The maximum Gasteiger partial charge on any atom is 0.326 e. The number of aliphatic carboxylic acids is 1. The minimum absolute atomic E-state index is 0.00970. The van der Waals surface area contributed by atoms with Gasteiger partial charge in [0.2, 0.25) is 17.7 Å². The van der Waals surface area contributed by atoms with E-state index in [-0.39, 0.29) is 18.8 Å². The van der Waals surface area contributed by atoms with E-state index in [0.29, 0.717) is 43.7 Å². The van der Waals surface area contributed by atoms with Crippen LogP contribution < -0.4 is 27.4 Å². The van der Waals surface area contributed by atoms with Gasteiger partial charge in [-0.3, -0.25) is 14.4 Å². The van der Waals surface area contributed by atoms with Gasteiger partial charge in [-0.05, 0) is 56.6 Å². The Balaban J connectivity index is 2.94. The number of thioether (sulfide) groups is 1. The Morgan fingerprint density at radius 3 is 2.17 bits per heavy atom. The maximum absolute atomic E-state index is 13.2. The van der Waals surface area contributed by atoms with Crippen molar-refractivity contribution in [2.24, 2.45) is 17.4 Å². The number of nitrogens with one attached hydrogen (secondary N) is 4. The van der Waals surface area contributed by atoms with Crippen LogP contribution in [0.2, 0.25) is 0 Å². The molecule has 9 N–H and O–H groups in total. The third-order valence-electron chi connectivity index (χ3n) is 5.48. The van der Waals surface area contributed by atoms with Gasteiger partial charge in [-0.15, -0.1) is 0 Å². The number of imidazole rings is 1. The molecule has 0 aliphatic rings. The molecule has 1 heterocycles. The zero-order valence-electron chi connectivity index (χ0n) is 21.3. The fraction of sp³-hybridized carbons (Fsp3) is 0.696. The highest BCUT2D eigenvalue weighted by Gasteiger charge is 2.30. The highest BCUT2D eigenvalue weighted by atomic mass is 32.2. The Kier molecular flexibility index (Phi) is 14.8. The van der Waals surface area contributed by atoms with Crippen molar-refractivity contribution in [3.63, 3.8) is 0 Å². The van der Waals surface area contributed by atoms with Crippen LogP contribution in [0.15, 0.2) is 12.5 Å². The second kappa shape index (κ2) is 16.9. The second-order valence-corrected chi connectivity index (χ2v) is 10.1. The number of carboxylic acids is 1. The van der Waals surface area contributed by atoms with Crippen LogP contribution in [0.5, 0.6) is 0 Å². The number of hydrogen-bond acceptors (Lipinski definition) is 8. The van der Waals surface area contributed by atoms with Crippen molar-refractivity contribution in [2.75, 3.05) is 18.6 Å². The van der Waals surface area contributed by atoms with Crippen molar-refractivity contribution in [1.29, 1.82) is 0 Å². The summed E-state index contributed by atoms with van der Waals surface area (Å²) in [6, 6.07) is -3.84. The molecule has 4 atom stereocenters. The van der Waals surface area contributed by atoms with Crippen LogP contribution in [-0.4, -0.2) is 81.5 Å². The van der Waals surface area contributed by atoms with Gasteiger partial charge in [-0.25, -0.2) is 9.78 Å². The summed E-state index contributed by atoms with van der Waals surface area (Å²) in [5, 5.41) is 17.5. The van der Waals surface area contributed by atoms with Gasteiger partial charge < -0.3 is 37.5 Å². The van der Waals surface area contributed by atoms with Crippen LogP contribution in [0.4, 0.5) is 0 Å². The first-order valence-corrected chi connectivity index (χ1v) is 13.5. The standard InChI is InChI=1S/C23H41N7O5S/c1-14(2)10-16(25)20(31)28-17(6-4-5-8-24)21(32)29-18(7-9-36-3)22(33)30-19(23(34)35)11-15-12-26-13-27-15/h12-14,16-19H,4-11,24-25H2,1-3H3,(H,26,27)(H,28,31)(H,29,32)(H,30,33)(H,34,35). The molecule has 1 rings (SSSR count). The average Bonchev–Trinajstić information content (AvgIpc) is 3.33. The van der Waals surface area contributed by atoms with Gasteiger partial charge in [0, 0.05) is 18.3 Å². The molecule has 0 aromatic carbocycles. The van der Waals surface area contributed by atoms with E-state index in [9.17, 15) is 24.3 Å². The van der Waals surface area contributed by atoms with E-state index >= 15 is 0 Å². The number of carbonyl (C=O) groups is 4. The summed E-state index contributed by atoms with van der Waals surface area (Å²) in [6.07, 6.45) is 7.12. The first kappa shape index (κ1) is 31.4. The van der Waals surface area contributed by atoms with Crippen LogP contribution >= 0.6 is 11.8 Å². The molecule has 1 aromatic rings. The first-order chi connectivity index (χ1) is 17.1. The Morgan fingerprint density at radius 2 is 1.64 bits per heavy atom. The van der Waals surface area contributed by atoms with Crippen molar-refractivity contribution in [3.8, 4) is 0 Å². The highest BCUT2D eigenvalue weighted by Crippen LogP contribution is 2.08. The zero-order chi connectivity index (χ0) is 27.1. The number of carbonyl (C=O) groups excluding carboxylic acids is 3. The van der Waals surface area contributed by atoms with E-state index in [1.54, 1.807) is 0 Å². The van der Waals surface area contributed by atoms with E-state index in [0.717, 1.165) is 0 Å². The molecule has 204 valence electrons. The summed E-state index contributed by atoms with van der Waals surface area (Å²) in [7, 11) is 0. The number of nitrogens with zero attached hydrogens (tertiary/aromatic N) is 1. The normalized spacial score (nSPS) is 14.5. The molecule has 12 nitrogen and oxygen atoms in total. The number of amides is 3. The van der Waals surface area contributed by atoms with Crippen molar-refractivity contribution in [1.82, 2.24) is 25.9 Å². The van der Waals surface area contributed by atoms with Gasteiger partial charge >= 0.3 is 5.97 Å². The maximum atomic E-state index is 13.2. The van der Waals surface area contributed by atoms with Crippen molar-refractivity contribution >= 4 is 35.5 Å². The van der Waals surface area contributed by atoms with E-state index in [1.165, 1.54) is 24.3 Å². The lowest BCUT2D eigenvalue weighted by Crippen LogP contribution is -2.57. The van der Waals surface area contributed by atoms with E-state index in [1.807, 2.05) is 20.1 Å². The molecule has 36 heavy (non-hydrogen) atoms. The Labute approximate surface area is 216 Å². The summed E-state index contributed by atoms with van der Waals surface area (Å²) in [5.74, 6) is -2.03. The molecule has 0 bridgehead atoms. The molecule has 0 aliphatic carbocycles. The predicted molar refractivity (Wildman–Crippen MR) is 139 cm³/mol. The summed E-state index contributed by atoms with van der Waals surface area (Å²) in [5.41, 5.74) is 12.1. The molecule has 0 saturated carbocycles. The number of aromatic amines is 1. The number of H-pyrrole nitrogens is 1. The molecule has 0 radical (unpaired) electrons. The number of aromatic nitrogens is 2. The Morgan fingerprint density at radius 1 is 1.03 bits per heavy atom. The van der Waals surface area contributed by atoms with Gasteiger partial charge in [0.15, 0.2) is 0 Å². The topological polar surface area (TPSA) is 205 Å². The number of unbranched alkanes of at least 4 members (excludes halogenated alkanes) is 1. The van der Waals surface area contributed by atoms with Crippen molar-refractivity contribution in [2.45, 2.75) is 76.5 Å². The Bertz CT molecular complexity index is 822. The lowest BCUT2D eigenvalue weighted by Gasteiger charge is -2.25. The second-order valence-electron chi connectivity index (χ2n) is 9.10. The summed E-state index contributed by atoms with van der Waals surface area (Å²) < 4.78 is 0. The van der Waals surface area contributed by atoms with Crippen LogP contribution in [0, 0.1) is 5.92 Å². The molecule has 0 saturated heterocycles. The quantitative estimate of drug-likeness (QED) is 0.125. The van der Waals surface area contributed by atoms with E-state index in [4.69, 9.17) is 11.5 Å². The van der Waals surface area contributed by atoms with Gasteiger partial charge in [-0.1, -0.05) is 13.8 Å².